The SMILES string of the molecule is CCCNc1cncc(Oc2ccccc2Cl)c1. The summed E-state index contributed by atoms with van der Waals surface area (Å²) < 4.78 is 5.70. The average molecular weight is 263 g/mol. The van der Waals surface area contributed by atoms with Crippen LogP contribution in [0.5, 0.6) is 11.5 Å². The van der Waals surface area contributed by atoms with Crippen LogP contribution in [0.4, 0.5) is 5.69 Å². The Kier molecular flexibility index (Phi) is 4.42. The standard InChI is InChI=1S/C14H15ClN2O/c1-2-7-17-11-8-12(10-16-9-11)18-14-6-4-3-5-13(14)15/h3-6,8-10,17H,2,7H2,1H3. The van der Waals surface area contributed by atoms with E-state index in [-0.39, 0.29) is 0 Å². The van der Waals surface area contributed by atoms with Gasteiger partial charge in [0.25, 0.3) is 0 Å². The van der Waals surface area contributed by atoms with Gasteiger partial charge in [-0.2, -0.15) is 0 Å². The highest BCUT2D eigenvalue weighted by Crippen LogP contribution is 2.29. The lowest BCUT2D eigenvalue weighted by Crippen LogP contribution is -2.00. The van der Waals surface area contributed by atoms with E-state index >= 15 is 0 Å². The van der Waals surface area contributed by atoms with Crippen LogP contribution in [0, 0.1) is 0 Å². The summed E-state index contributed by atoms with van der Waals surface area (Å²) in [6.45, 7) is 3.03. The summed E-state index contributed by atoms with van der Waals surface area (Å²) in [6.07, 6.45) is 4.51. The summed E-state index contributed by atoms with van der Waals surface area (Å²) >= 11 is 6.04. The molecule has 2 aromatic rings. The van der Waals surface area contributed by atoms with Crippen molar-refractivity contribution in [3.63, 3.8) is 0 Å². The van der Waals surface area contributed by atoms with Crippen molar-refractivity contribution in [2.75, 3.05) is 11.9 Å². The number of pyridine rings is 1. The molecular formula is C14H15ClN2O. The van der Waals surface area contributed by atoms with Gasteiger partial charge >= 0.3 is 0 Å². The normalized spacial score (nSPS) is 10.1. The number of benzene rings is 1. The second-order valence-electron chi connectivity index (χ2n) is 3.87. The van der Waals surface area contributed by atoms with Crippen molar-refractivity contribution >= 4 is 17.3 Å². The summed E-state index contributed by atoms with van der Waals surface area (Å²) in [7, 11) is 0. The molecule has 0 unspecified atom stereocenters. The molecule has 0 bridgehead atoms. The van der Waals surface area contributed by atoms with E-state index in [1.54, 1.807) is 18.5 Å². The van der Waals surface area contributed by atoms with Crippen LogP contribution in [0.1, 0.15) is 13.3 Å². The van der Waals surface area contributed by atoms with Gasteiger partial charge in [0.05, 0.1) is 23.1 Å². The van der Waals surface area contributed by atoms with Gasteiger partial charge in [0, 0.05) is 12.6 Å². The highest BCUT2D eigenvalue weighted by Gasteiger charge is 2.03. The highest BCUT2D eigenvalue weighted by atomic mass is 35.5. The molecule has 0 fully saturated rings. The van der Waals surface area contributed by atoms with Gasteiger partial charge in [-0.1, -0.05) is 30.7 Å². The van der Waals surface area contributed by atoms with Crippen LogP contribution in [0.3, 0.4) is 0 Å². The number of ether oxygens (including phenoxy) is 1. The van der Waals surface area contributed by atoms with Crippen molar-refractivity contribution in [3.05, 3.63) is 47.7 Å². The second-order valence-corrected chi connectivity index (χ2v) is 4.28. The fourth-order valence-electron chi connectivity index (χ4n) is 1.50. The largest absolute Gasteiger partial charge is 0.454 e. The zero-order valence-electron chi connectivity index (χ0n) is 10.2. The first-order valence-corrected chi connectivity index (χ1v) is 6.28. The van der Waals surface area contributed by atoms with Crippen LogP contribution < -0.4 is 10.1 Å². The Bertz CT molecular complexity index is 517. The molecule has 1 N–H and O–H groups in total. The van der Waals surface area contributed by atoms with Crippen LogP contribution >= 0.6 is 11.6 Å². The number of halogens is 1. The van der Waals surface area contributed by atoms with Gasteiger partial charge in [0.2, 0.25) is 0 Å². The topological polar surface area (TPSA) is 34.2 Å². The summed E-state index contributed by atoms with van der Waals surface area (Å²) in [5, 5.41) is 3.85. The van der Waals surface area contributed by atoms with Crippen LogP contribution in [-0.4, -0.2) is 11.5 Å². The molecule has 0 aliphatic carbocycles. The molecule has 0 saturated carbocycles. The molecule has 4 heteroatoms. The maximum Gasteiger partial charge on any atom is 0.147 e. The highest BCUT2D eigenvalue weighted by molar-refractivity contribution is 6.32. The third kappa shape index (κ3) is 3.37. The molecule has 0 saturated heterocycles. The zero-order chi connectivity index (χ0) is 12.8. The van der Waals surface area contributed by atoms with E-state index in [0.717, 1.165) is 18.7 Å². The van der Waals surface area contributed by atoms with E-state index in [1.807, 2.05) is 24.3 Å². The molecule has 94 valence electrons. The van der Waals surface area contributed by atoms with Crippen LogP contribution in [0.15, 0.2) is 42.7 Å². The fourth-order valence-corrected chi connectivity index (χ4v) is 1.67. The monoisotopic (exact) mass is 262 g/mol. The predicted molar refractivity (Wildman–Crippen MR) is 74.5 cm³/mol. The van der Waals surface area contributed by atoms with Crippen LogP contribution in [-0.2, 0) is 0 Å². The molecule has 1 aromatic heterocycles. The Hall–Kier alpha value is -1.74. The Morgan fingerprint density at radius 2 is 2.11 bits per heavy atom. The minimum absolute atomic E-state index is 0.587. The molecule has 0 spiro atoms. The van der Waals surface area contributed by atoms with Gasteiger partial charge in [0.1, 0.15) is 11.5 Å². The lowest BCUT2D eigenvalue weighted by molar-refractivity contribution is 0.481. The first-order chi connectivity index (χ1) is 8.79. The number of aromatic nitrogens is 1. The van der Waals surface area contributed by atoms with Crippen molar-refractivity contribution in [2.24, 2.45) is 0 Å². The molecule has 3 nitrogen and oxygen atoms in total. The minimum atomic E-state index is 0.587. The Morgan fingerprint density at radius 1 is 1.28 bits per heavy atom. The van der Waals surface area contributed by atoms with Gasteiger partial charge in [-0.3, -0.25) is 4.98 Å². The molecule has 0 aliphatic heterocycles. The molecule has 1 aromatic carbocycles. The van der Waals surface area contributed by atoms with Gasteiger partial charge in [-0.05, 0) is 18.6 Å². The molecule has 1 heterocycles. The van der Waals surface area contributed by atoms with Gasteiger partial charge in [-0.15, -0.1) is 0 Å². The molecule has 0 atom stereocenters. The van der Waals surface area contributed by atoms with Crippen molar-refractivity contribution < 1.29 is 4.74 Å². The van der Waals surface area contributed by atoms with E-state index in [9.17, 15) is 0 Å². The van der Waals surface area contributed by atoms with Gasteiger partial charge in [-0.25, -0.2) is 0 Å². The Labute approximate surface area is 112 Å². The average Bonchev–Trinajstić information content (AvgIpc) is 2.40. The third-order valence-electron chi connectivity index (χ3n) is 2.36. The maximum atomic E-state index is 6.04. The van der Waals surface area contributed by atoms with Gasteiger partial charge < -0.3 is 10.1 Å². The summed E-state index contributed by atoms with van der Waals surface area (Å²) in [4.78, 5) is 4.13. The molecular weight excluding hydrogens is 248 g/mol. The van der Waals surface area contributed by atoms with Crippen molar-refractivity contribution in [2.45, 2.75) is 13.3 Å². The first-order valence-electron chi connectivity index (χ1n) is 5.91. The summed E-state index contributed by atoms with van der Waals surface area (Å²) in [6, 6.07) is 9.28. The quantitative estimate of drug-likeness (QED) is 0.870. The predicted octanol–water partition coefficient (Wildman–Crippen LogP) is 4.35. The fraction of sp³-hybridized carbons (Fsp3) is 0.214. The van der Waals surface area contributed by atoms with Gasteiger partial charge in [0.15, 0.2) is 0 Å². The number of para-hydroxylation sites is 1. The lowest BCUT2D eigenvalue weighted by atomic mass is 10.3. The third-order valence-corrected chi connectivity index (χ3v) is 2.67. The Morgan fingerprint density at radius 3 is 2.89 bits per heavy atom. The number of rotatable bonds is 5. The number of nitrogens with zero attached hydrogens (tertiary/aromatic N) is 1. The molecule has 0 aliphatic rings. The van der Waals surface area contributed by atoms with Crippen LogP contribution in [0.2, 0.25) is 5.02 Å². The number of hydrogen-bond donors (Lipinski definition) is 1. The molecule has 0 amide bonds. The molecule has 0 radical (unpaired) electrons. The van der Waals surface area contributed by atoms with E-state index in [1.165, 1.54) is 0 Å². The molecule has 18 heavy (non-hydrogen) atoms. The second kappa shape index (κ2) is 6.26. The molecule has 2 rings (SSSR count). The zero-order valence-corrected chi connectivity index (χ0v) is 10.9. The number of anilines is 1. The first kappa shape index (κ1) is 12.7. The Balaban J connectivity index is 2.12. The smallest absolute Gasteiger partial charge is 0.147 e. The van der Waals surface area contributed by atoms with Crippen molar-refractivity contribution in [3.8, 4) is 11.5 Å². The van der Waals surface area contributed by atoms with Crippen molar-refractivity contribution in [1.82, 2.24) is 4.98 Å². The van der Waals surface area contributed by atoms with E-state index in [4.69, 9.17) is 16.3 Å². The number of hydrogen-bond acceptors (Lipinski definition) is 3. The lowest BCUT2D eigenvalue weighted by Gasteiger charge is -2.09. The van der Waals surface area contributed by atoms with Crippen molar-refractivity contribution in [1.29, 1.82) is 0 Å². The summed E-state index contributed by atoms with van der Waals surface area (Å²) in [5.74, 6) is 1.30. The number of nitrogens with one attached hydrogen (secondary N) is 1. The van der Waals surface area contributed by atoms with Crippen LogP contribution in [0.25, 0.3) is 0 Å². The summed E-state index contributed by atoms with van der Waals surface area (Å²) in [5.41, 5.74) is 0.946. The minimum Gasteiger partial charge on any atom is -0.454 e. The van der Waals surface area contributed by atoms with E-state index < -0.39 is 0 Å². The maximum absolute atomic E-state index is 6.04. The van der Waals surface area contributed by atoms with E-state index in [2.05, 4.69) is 17.2 Å². The van der Waals surface area contributed by atoms with E-state index in [0.29, 0.717) is 16.5 Å².